The molecule has 0 aromatic carbocycles. The molecule has 0 radical (unpaired) electrons. The number of amides is 1. The Morgan fingerprint density at radius 3 is 2.90 bits per heavy atom. The Hall–Kier alpha value is -4.03. The molecule has 6 N–H and O–H groups in total. The third-order valence-corrected chi connectivity index (χ3v) is 5.07. The van der Waals surface area contributed by atoms with E-state index in [1.54, 1.807) is 40.0 Å². The maximum Gasteiger partial charge on any atom is 0.257 e. The van der Waals surface area contributed by atoms with Crippen molar-refractivity contribution in [1.29, 1.82) is 0 Å². The molecule has 0 aliphatic carbocycles. The number of nitrogens with two attached hydrogens (primary N) is 2. The average molecular weight is 421 g/mol. The predicted molar refractivity (Wildman–Crippen MR) is 111 cm³/mol. The van der Waals surface area contributed by atoms with Gasteiger partial charge in [-0.1, -0.05) is 0 Å². The quantitative estimate of drug-likeness (QED) is 0.365. The van der Waals surface area contributed by atoms with Gasteiger partial charge in [0.2, 0.25) is 0 Å². The lowest BCUT2D eigenvalue weighted by Gasteiger charge is -2.16. The molecule has 0 bridgehead atoms. The summed E-state index contributed by atoms with van der Waals surface area (Å²) < 4.78 is 9.27. The number of rotatable bonds is 4. The number of carbonyl (C=O) groups excluding carboxylic acids is 1. The minimum absolute atomic E-state index is 0.175. The number of fused-ring (bicyclic) bond motifs is 1. The van der Waals surface area contributed by atoms with Gasteiger partial charge in [-0.3, -0.25) is 4.79 Å². The third-order valence-electron chi connectivity index (χ3n) is 5.07. The summed E-state index contributed by atoms with van der Waals surface area (Å²) in [5.41, 5.74) is 13.4. The molecule has 12 nitrogen and oxygen atoms in total. The molecule has 1 saturated heterocycles. The van der Waals surface area contributed by atoms with Gasteiger partial charge in [0.05, 0.1) is 17.2 Å². The number of nitrogens with one attached hydrogen (secondary N) is 1. The standard InChI is InChI=1S/C19H19N9O3/c20-10-2-4-22-13(6-10)26-19(30)16-12(29)7-14(31-16)27-8-11(28-5-1-3-25-28)15-17(21)23-9-24-18(15)27/h1-6,8-9,12,14,16,29H,7H2,(H2,21,23,24)(H3,20,22,26,30)/t12-,14+,16-/m0/s1. The SMILES string of the molecule is Nc1ccnc(NC(=O)[C@H]2O[C@@H](n3cc(-n4cccn4)c4c(N)ncnc43)C[C@@H]2O)c1. The summed E-state index contributed by atoms with van der Waals surface area (Å²) in [5.74, 6) is 0.0398. The molecule has 5 heterocycles. The highest BCUT2D eigenvalue weighted by Crippen LogP contribution is 2.35. The number of aliphatic hydroxyl groups excluding tert-OH is 1. The fraction of sp³-hybridized carbons (Fsp3) is 0.211. The number of nitrogens with zero attached hydrogens (tertiary/aromatic N) is 6. The summed E-state index contributed by atoms with van der Waals surface area (Å²) in [7, 11) is 0. The molecule has 4 aromatic rings. The van der Waals surface area contributed by atoms with E-state index in [1.165, 1.54) is 18.6 Å². The maximum absolute atomic E-state index is 12.7. The molecule has 1 aliphatic rings. The second kappa shape index (κ2) is 7.34. The van der Waals surface area contributed by atoms with Crippen LogP contribution < -0.4 is 16.8 Å². The van der Waals surface area contributed by atoms with Crippen LogP contribution >= 0.6 is 0 Å². The van der Waals surface area contributed by atoms with Crippen molar-refractivity contribution in [2.45, 2.75) is 24.9 Å². The minimum Gasteiger partial charge on any atom is -0.399 e. The van der Waals surface area contributed by atoms with E-state index in [4.69, 9.17) is 16.2 Å². The minimum atomic E-state index is -1.10. The van der Waals surface area contributed by atoms with E-state index in [2.05, 4.69) is 25.4 Å². The summed E-state index contributed by atoms with van der Waals surface area (Å²) in [6.07, 6.45) is 5.40. The summed E-state index contributed by atoms with van der Waals surface area (Å²) in [5, 5.41) is 18.0. The molecule has 1 aliphatic heterocycles. The fourth-order valence-corrected chi connectivity index (χ4v) is 3.67. The zero-order valence-corrected chi connectivity index (χ0v) is 16.2. The molecule has 3 atom stereocenters. The second-order valence-electron chi connectivity index (χ2n) is 7.11. The van der Waals surface area contributed by atoms with E-state index < -0.39 is 24.3 Å². The second-order valence-corrected chi connectivity index (χ2v) is 7.11. The lowest BCUT2D eigenvalue weighted by molar-refractivity contribution is -0.132. The molecule has 0 saturated carbocycles. The van der Waals surface area contributed by atoms with Crippen molar-refractivity contribution in [3.63, 3.8) is 0 Å². The molecular formula is C19H19N9O3. The number of hydrogen-bond acceptors (Lipinski definition) is 9. The van der Waals surface area contributed by atoms with Crippen LogP contribution in [0, 0.1) is 0 Å². The first-order valence-corrected chi connectivity index (χ1v) is 9.48. The van der Waals surface area contributed by atoms with Crippen LogP contribution in [0.3, 0.4) is 0 Å². The van der Waals surface area contributed by atoms with Crippen molar-refractivity contribution in [3.05, 3.63) is 49.3 Å². The van der Waals surface area contributed by atoms with Crippen LogP contribution in [0.25, 0.3) is 16.7 Å². The van der Waals surface area contributed by atoms with Crippen LogP contribution in [0.15, 0.2) is 49.3 Å². The molecule has 31 heavy (non-hydrogen) atoms. The molecule has 0 unspecified atom stereocenters. The van der Waals surface area contributed by atoms with Crippen molar-refractivity contribution in [3.8, 4) is 5.69 Å². The molecule has 1 fully saturated rings. The number of carbonyl (C=O) groups is 1. The topological polar surface area (TPSA) is 172 Å². The van der Waals surface area contributed by atoms with Gasteiger partial charge in [-0.15, -0.1) is 0 Å². The Labute approximate surface area is 175 Å². The van der Waals surface area contributed by atoms with Crippen molar-refractivity contribution >= 4 is 34.3 Å². The summed E-state index contributed by atoms with van der Waals surface area (Å²) in [6.45, 7) is 0. The van der Waals surface area contributed by atoms with Gasteiger partial charge in [0, 0.05) is 43.0 Å². The van der Waals surface area contributed by atoms with Gasteiger partial charge >= 0.3 is 0 Å². The Morgan fingerprint density at radius 2 is 2.13 bits per heavy atom. The van der Waals surface area contributed by atoms with Crippen molar-refractivity contribution < 1.29 is 14.6 Å². The van der Waals surface area contributed by atoms with E-state index in [-0.39, 0.29) is 18.1 Å². The zero-order valence-electron chi connectivity index (χ0n) is 16.2. The molecule has 12 heteroatoms. The lowest BCUT2D eigenvalue weighted by Crippen LogP contribution is -2.35. The van der Waals surface area contributed by atoms with Crippen LogP contribution in [-0.2, 0) is 9.53 Å². The fourth-order valence-electron chi connectivity index (χ4n) is 3.67. The number of pyridine rings is 1. The molecule has 158 valence electrons. The first kappa shape index (κ1) is 19.0. The Balaban J connectivity index is 1.45. The van der Waals surface area contributed by atoms with Crippen molar-refractivity contribution in [1.82, 2.24) is 29.3 Å². The summed E-state index contributed by atoms with van der Waals surface area (Å²) in [6, 6.07) is 4.91. The molecule has 4 aromatic heterocycles. The van der Waals surface area contributed by atoms with Gasteiger partial charge in [0.15, 0.2) is 6.10 Å². The highest BCUT2D eigenvalue weighted by atomic mass is 16.5. The Bertz CT molecular complexity index is 1250. The van der Waals surface area contributed by atoms with E-state index in [0.29, 0.717) is 22.4 Å². The molecule has 5 rings (SSSR count). The Morgan fingerprint density at radius 1 is 1.26 bits per heavy atom. The maximum atomic E-state index is 12.7. The van der Waals surface area contributed by atoms with Crippen LogP contribution in [0.1, 0.15) is 12.6 Å². The van der Waals surface area contributed by atoms with Gasteiger partial charge in [-0.2, -0.15) is 5.10 Å². The number of anilines is 3. The van der Waals surface area contributed by atoms with Crippen molar-refractivity contribution in [2.75, 3.05) is 16.8 Å². The lowest BCUT2D eigenvalue weighted by atomic mass is 10.1. The smallest absolute Gasteiger partial charge is 0.257 e. The normalized spacial score (nSPS) is 20.9. The largest absolute Gasteiger partial charge is 0.399 e. The highest BCUT2D eigenvalue weighted by molar-refractivity contribution is 5.95. The number of aliphatic hydroxyl groups is 1. The number of aromatic nitrogens is 6. The van der Waals surface area contributed by atoms with Gasteiger partial charge in [-0.05, 0) is 12.1 Å². The van der Waals surface area contributed by atoms with E-state index in [1.807, 2.05) is 0 Å². The third kappa shape index (κ3) is 3.33. The average Bonchev–Trinajstić information content (AvgIpc) is 3.46. The highest BCUT2D eigenvalue weighted by Gasteiger charge is 2.40. The number of ether oxygens (including phenoxy) is 1. The van der Waals surface area contributed by atoms with Gasteiger partial charge in [0.1, 0.15) is 29.8 Å². The Kier molecular flexibility index (Phi) is 4.49. The van der Waals surface area contributed by atoms with E-state index in [9.17, 15) is 9.90 Å². The molecule has 1 amide bonds. The predicted octanol–water partition coefficient (Wildman–Crippen LogP) is 0.463. The molecule has 0 spiro atoms. The molecular weight excluding hydrogens is 402 g/mol. The first-order chi connectivity index (χ1) is 15.0. The summed E-state index contributed by atoms with van der Waals surface area (Å²) >= 11 is 0. The van der Waals surface area contributed by atoms with Crippen LogP contribution in [0.5, 0.6) is 0 Å². The number of hydrogen-bond donors (Lipinski definition) is 4. The van der Waals surface area contributed by atoms with E-state index in [0.717, 1.165) is 0 Å². The van der Waals surface area contributed by atoms with Crippen molar-refractivity contribution in [2.24, 2.45) is 0 Å². The van der Waals surface area contributed by atoms with E-state index >= 15 is 0 Å². The summed E-state index contributed by atoms with van der Waals surface area (Å²) in [4.78, 5) is 25.1. The van der Waals surface area contributed by atoms with Gasteiger partial charge in [0.25, 0.3) is 5.91 Å². The number of nitrogen functional groups attached to an aromatic ring is 2. The van der Waals surface area contributed by atoms with Gasteiger partial charge < -0.3 is 31.2 Å². The monoisotopic (exact) mass is 421 g/mol. The first-order valence-electron chi connectivity index (χ1n) is 9.48. The zero-order chi connectivity index (χ0) is 21.5. The van der Waals surface area contributed by atoms with Crippen LogP contribution in [0.4, 0.5) is 17.3 Å². The van der Waals surface area contributed by atoms with Gasteiger partial charge in [-0.25, -0.2) is 19.6 Å². The van der Waals surface area contributed by atoms with Crippen LogP contribution in [-0.4, -0.2) is 52.5 Å². The van der Waals surface area contributed by atoms with Crippen LogP contribution in [0.2, 0.25) is 0 Å².